The molecule has 1 aromatic heterocycles. The summed E-state index contributed by atoms with van der Waals surface area (Å²) in [4.78, 5) is 20.4. The lowest BCUT2D eigenvalue weighted by Gasteiger charge is -2.40. The lowest BCUT2D eigenvalue weighted by Crippen LogP contribution is -2.55. The molecule has 1 aliphatic heterocycles. The number of alkyl halides is 3. The molecule has 2 aromatic rings. The monoisotopic (exact) mass is 356 g/mol. The maximum atomic E-state index is 14.1. The van der Waals surface area contributed by atoms with Crippen LogP contribution in [0.2, 0.25) is 0 Å². The van der Waals surface area contributed by atoms with Crippen molar-refractivity contribution in [1.29, 1.82) is 0 Å². The lowest BCUT2D eigenvalue weighted by molar-refractivity contribution is -0.195. The molecule has 3 rings (SSSR count). The van der Waals surface area contributed by atoms with E-state index in [-0.39, 0.29) is 30.6 Å². The van der Waals surface area contributed by atoms with Gasteiger partial charge in [-0.25, -0.2) is 14.4 Å². The van der Waals surface area contributed by atoms with Gasteiger partial charge in [0.05, 0.1) is 10.9 Å². The molecule has 134 valence electrons. The van der Waals surface area contributed by atoms with Crippen molar-refractivity contribution >= 4 is 22.6 Å². The molecule has 0 saturated carbocycles. The van der Waals surface area contributed by atoms with Crippen LogP contribution in [0, 0.1) is 5.82 Å². The van der Waals surface area contributed by atoms with Crippen LogP contribution in [-0.2, 0) is 4.79 Å². The number of benzene rings is 1. The standard InChI is InChI=1S/C16H16F4N4O/c1-9(25)24-7-10(5-6-13(24)16(18,19)20)23-15-14-11(17)3-2-4-12(14)21-8-22-15/h2-4,8,10,13H,5-7H2,1H3,(H,21,22,23)/t10-,13+/m0/s1. The predicted molar refractivity (Wildman–Crippen MR) is 83.4 cm³/mol. The number of carbonyl (C=O) groups is 1. The highest BCUT2D eigenvalue weighted by Crippen LogP contribution is 2.33. The largest absolute Gasteiger partial charge is 0.408 e. The Kier molecular flexibility index (Phi) is 4.49. The second kappa shape index (κ2) is 6.45. The zero-order chi connectivity index (χ0) is 18.2. The number of piperidine rings is 1. The zero-order valence-electron chi connectivity index (χ0n) is 13.3. The molecule has 1 saturated heterocycles. The molecule has 0 aliphatic carbocycles. The number of hydrogen-bond acceptors (Lipinski definition) is 4. The normalized spacial score (nSPS) is 21.4. The van der Waals surface area contributed by atoms with Gasteiger partial charge in [0.2, 0.25) is 5.91 Å². The summed E-state index contributed by atoms with van der Waals surface area (Å²) in [5.41, 5.74) is 0.393. The topological polar surface area (TPSA) is 58.1 Å². The fraction of sp³-hybridized carbons (Fsp3) is 0.438. The molecule has 2 heterocycles. The number of rotatable bonds is 2. The molecule has 2 atom stereocenters. The smallest absolute Gasteiger partial charge is 0.365 e. The zero-order valence-corrected chi connectivity index (χ0v) is 13.3. The van der Waals surface area contributed by atoms with Crippen molar-refractivity contribution in [2.24, 2.45) is 0 Å². The third-order valence-corrected chi connectivity index (χ3v) is 4.32. The quantitative estimate of drug-likeness (QED) is 0.840. The fourth-order valence-corrected chi connectivity index (χ4v) is 3.15. The van der Waals surface area contributed by atoms with E-state index in [1.165, 1.54) is 18.5 Å². The van der Waals surface area contributed by atoms with Crippen LogP contribution < -0.4 is 5.32 Å². The molecule has 1 aromatic carbocycles. The van der Waals surface area contributed by atoms with Gasteiger partial charge < -0.3 is 10.2 Å². The van der Waals surface area contributed by atoms with Gasteiger partial charge in [-0.3, -0.25) is 4.79 Å². The van der Waals surface area contributed by atoms with Crippen molar-refractivity contribution < 1.29 is 22.4 Å². The lowest BCUT2D eigenvalue weighted by atomic mass is 9.97. The van der Waals surface area contributed by atoms with Gasteiger partial charge in [-0.2, -0.15) is 13.2 Å². The van der Waals surface area contributed by atoms with E-state index in [4.69, 9.17) is 0 Å². The average molecular weight is 356 g/mol. The maximum absolute atomic E-state index is 14.1. The van der Waals surface area contributed by atoms with Crippen LogP contribution in [-0.4, -0.2) is 45.6 Å². The van der Waals surface area contributed by atoms with E-state index in [9.17, 15) is 22.4 Å². The summed E-state index contributed by atoms with van der Waals surface area (Å²) < 4.78 is 53.3. The summed E-state index contributed by atoms with van der Waals surface area (Å²) in [6, 6.07) is 2.15. The van der Waals surface area contributed by atoms with Crippen LogP contribution in [0.4, 0.5) is 23.4 Å². The number of nitrogens with one attached hydrogen (secondary N) is 1. The second-order valence-electron chi connectivity index (χ2n) is 6.00. The molecule has 0 bridgehead atoms. The van der Waals surface area contributed by atoms with Crippen molar-refractivity contribution in [3.8, 4) is 0 Å². The van der Waals surface area contributed by atoms with Gasteiger partial charge in [0.25, 0.3) is 0 Å². The van der Waals surface area contributed by atoms with Gasteiger partial charge >= 0.3 is 6.18 Å². The SMILES string of the molecule is CC(=O)N1C[C@@H](Nc2ncnc3cccc(F)c23)CC[C@@H]1C(F)(F)F. The maximum Gasteiger partial charge on any atom is 0.408 e. The van der Waals surface area contributed by atoms with Crippen LogP contribution in [0.1, 0.15) is 19.8 Å². The van der Waals surface area contributed by atoms with Crippen LogP contribution in [0.25, 0.3) is 10.9 Å². The van der Waals surface area contributed by atoms with Crippen LogP contribution in [0.15, 0.2) is 24.5 Å². The Morgan fingerprint density at radius 1 is 1.28 bits per heavy atom. The molecule has 1 N–H and O–H groups in total. The Hall–Kier alpha value is -2.45. The Morgan fingerprint density at radius 2 is 2.04 bits per heavy atom. The van der Waals surface area contributed by atoms with E-state index in [1.807, 2.05) is 0 Å². The number of carbonyl (C=O) groups excluding carboxylic acids is 1. The molecule has 0 spiro atoms. The minimum atomic E-state index is -4.47. The first-order chi connectivity index (χ1) is 11.8. The number of fused-ring (bicyclic) bond motifs is 1. The molecule has 0 unspecified atom stereocenters. The van der Waals surface area contributed by atoms with Gasteiger partial charge in [0, 0.05) is 19.5 Å². The molecular formula is C16H16F4N4O. The summed E-state index contributed by atoms with van der Waals surface area (Å²) in [7, 11) is 0. The number of aromatic nitrogens is 2. The summed E-state index contributed by atoms with van der Waals surface area (Å²) in [6.07, 6.45) is -3.24. The van der Waals surface area contributed by atoms with E-state index in [2.05, 4.69) is 15.3 Å². The molecule has 9 heteroatoms. The van der Waals surface area contributed by atoms with Crippen molar-refractivity contribution in [3.63, 3.8) is 0 Å². The number of anilines is 1. The van der Waals surface area contributed by atoms with E-state index in [1.54, 1.807) is 6.07 Å². The highest BCUT2D eigenvalue weighted by molar-refractivity contribution is 5.89. The Balaban J connectivity index is 1.84. The van der Waals surface area contributed by atoms with E-state index < -0.39 is 30.0 Å². The molecule has 1 amide bonds. The number of halogens is 4. The number of likely N-dealkylation sites (tertiary alicyclic amines) is 1. The van der Waals surface area contributed by atoms with Gasteiger partial charge in [-0.05, 0) is 25.0 Å². The van der Waals surface area contributed by atoms with E-state index in [0.717, 1.165) is 11.8 Å². The summed E-state index contributed by atoms with van der Waals surface area (Å²) in [5, 5.41) is 3.15. The summed E-state index contributed by atoms with van der Waals surface area (Å²) in [6.45, 7) is 0.986. The van der Waals surface area contributed by atoms with Crippen LogP contribution in [0.5, 0.6) is 0 Å². The van der Waals surface area contributed by atoms with Crippen LogP contribution >= 0.6 is 0 Å². The first kappa shape index (κ1) is 17.4. The van der Waals surface area contributed by atoms with Crippen molar-refractivity contribution in [2.45, 2.75) is 38.0 Å². The van der Waals surface area contributed by atoms with Gasteiger partial charge in [0.15, 0.2) is 0 Å². The molecule has 0 radical (unpaired) electrons. The fourth-order valence-electron chi connectivity index (χ4n) is 3.15. The number of hydrogen-bond donors (Lipinski definition) is 1. The van der Waals surface area contributed by atoms with Crippen LogP contribution in [0.3, 0.4) is 0 Å². The van der Waals surface area contributed by atoms with Crippen molar-refractivity contribution in [3.05, 3.63) is 30.3 Å². The van der Waals surface area contributed by atoms with Gasteiger partial charge in [-0.1, -0.05) is 6.07 Å². The highest BCUT2D eigenvalue weighted by Gasteiger charge is 2.47. The molecule has 1 fully saturated rings. The minimum absolute atomic E-state index is 0.126. The van der Waals surface area contributed by atoms with Gasteiger partial charge in [-0.15, -0.1) is 0 Å². The number of nitrogens with zero attached hydrogens (tertiary/aromatic N) is 3. The minimum Gasteiger partial charge on any atom is -0.365 e. The Labute approximate surface area is 141 Å². The first-order valence-electron chi connectivity index (χ1n) is 7.77. The highest BCUT2D eigenvalue weighted by atomic mass is 19.4. The third kappa shape index (κ3) is 3.49. The molecule has 5 nitrogen and oxygen atoms in total. The molecule has 25 heavy (non-hydrogen) atoms. The average Bonchev–Trinajstić information content (AvgIpc) is 2.54. The number of amides is 1. The predicted octanol–water partition coefficient (Wildman–Crippen LogP) is 3.12. The van der Waals surface area contributed by atoms with Crippen molar-refractivity contribution in [2.75, 3.05) is 11.9 Å². The Bertz CT molecular complexity index is 790. The summed E-state index contributed by atoms with van der Waals surface area (Å²) >= 11 is 0. The summed E-state index contributed by atoms with van der Waals surface area (Å²) in [5.74, 6) is -0.956. The Morgan fingerprint density at radius 3 is 2.72 bits per heavy atom. The first-order valence-corrected chi connectivity index (χ1v) is 7.77. The molecule has 1 aliphatic rings. The van der Waals surface area contributed by atoms with Gasteiger partial charge in [0.1, 0.15) is 24.0 Å². The molecular weight excluding hydrogens is 340 g/mol. The third-order valence-electron chi connectivity index (χ3n) is 4.32. The van der Waals surface area contributed by atoms with E-state index >= 15 is 0 Å². The second-order valence-corrected chi connectivity index (χ2v) is 6.00. The van der Waals surface area contributed by atoms with Crippen molar-refractivity contribution in [1.82, 2.24) is 14.9 Å². The van der Waals surface area contributed by atoms with E-state index in [0.29, 0.717) is 5.52 Å².